The lowest BCUT2D eigenvalue weighted by Gasteiger charge is -2.25. The van der Waals surface area contributed by atoms with Gasteiger partial charge < -0.3 is 15.5 Å². The third kappa shape index (κ3) is 6.07. The number of amides is 2. The van der Waals surface area contributed by atoms with Crippen LogP contribution in [0.4, 0.5) is 11.4 Å². The highest BCUT2D eigenvalue weighted by Crippen LogP contribution is 2.28. The Hall–Kier alpha value is -2.04. The van der Waals surface area contributed by atoms with Gasteiger partial charge in [0.15, 0.2) is 0 Å². The normalized spacial score (nSPS) is 15.4. The molecule has 2 N–H and O–H groups in total. The molecule has 0 spiro atoms. The highest BCUT2D eigenvalue weighted by molar-refractivity contribution is 5.94. The number of para-hydroxylation sites is 2. The van der Waals surface area contributed by atoms with Crippen LogP contribution in [0.3, 0.4) is 0 Å². The van der Waals surface area contributed by atoms with E-state index in [0.29, 0.717) is 6.54 Å². The predicted molar refractivity (Wildman–Crippen MR) is 103 cm³/mol. The third-order valence-electron chi connectivity index (χ3n) is 4.44. The van der Waals surface area contributed by atoms with E-state index in [1.54, 1.807) is 0 Å². The molecule has 0 bridgehead atoms. The smallest absolute Gasteiger partial charge is 0.226 e. The number of carbonyl (C=O) groups excluding carboxylic acids is 2. The van der Waals surface area contributed by atoms with Gasteiger partial charge in [-0.15, -0.1) is 0 Å². The summed E-state index contributed by atoms with van der Waals surface area (Å²) >= 11 is 0. The largest absolute Gasteiger partial charge is 0.370 e. The van der Waals surface area contributed by atoms with Crippen molar-refractivity contribution in [3.8, 4) is 0 Å². The summed E-state index contributed by atoms with van der Waals surface area (Å²) in [5.41, 5.74) is 1.52. The minimum absolute atomic E-state index is 0.0368. The second-order valence-corrected chi connectivity index (χ2v) is 7.72. The van der Waals surface area contributed by atoms with E-state index in [1.807, 2.05) is 39.0 Å². The Bertz CT molecular complexity index is 585. The number of rotatable bonds is 5. The van der Waals surface area contributed by atoms with Gasteiger partial charge in [-0.2, -0.15) is 0 Å². The lowest BCUT2D eigenvalue weighted by atomic mass is 9.96. The Kier molecular flexibility index (Phi) is 6.85. The Morgan fingerprint density at radius 3 is 2.32 bits per heavy atom. The molecule has 0 radical (unpaired) electrons. The van der Waals surface area contributed by atoms with Crippen LogP contribution in [0, 0.1) is 5.41 Å². The molecule has 5 heteroatoms. The van der Waals surface area contributed by atoms with E-state index in [9.17, 15) is 9.59 Å². The van der Waals surface area contributed by atoms with Gasteiger partial charge in [0.1, 0.15) is 0 Å². The van der Waals surface area contributed by atoms with E-state index in [0.717, 1.165) is 24.5 Å². The summed E-state index contributed by atoms with van der Waals surface area (Å²) in [5.74, 6) is -0.109. The first-order valence-corrected chi connectivity index (χ1v) is 9.30. The number of benzene rings is 1. The number of carbonyl (C=O) groups is 2. The zero-order valence-corrected chi connectivity index (χ0v) is 15.7. The first-order valence-electron chi connectivity index (χ1n) is 9.30. The Morgan fingerprint density at radius 1 is 1.04 bits per heavy atom. The first kappa shape index (κ1) is 19.3. The quantitative estimate of drug-likeness (QED) is 0.858. The van der Waals surface area contributed by atoms with Crippen molar-refractivity contribution in [2.45, 2.75) is 52.9 Å². The van der Waals surface area contributed by atoms with Crippen LogP contribution in [-0.2, 0) is 9.59 Å². The molecule has 0 atom stereocenters. The number of nitrogens with one attached hydrogen (secondary N) is 2. The van der Waals surface area contributed by atoms with Gasteiger partial charge in [-0.3, -0.25) is 9.59 Å². The van der Waals surface area contributed by atoms with Crippen molar-refractivity contribution in [3.63, 3.8) is 0 Å². The maximum atomic E-state index is 12.3. The molecule has 1 aliphatic heterocycles. The molecule has 1 saturated heterocycles. The molecule has 2 rings (SSSR count). The Morgan fingerprint density at radius 2 is 1.68 bits per heavy atom. The van der Waals surface area contributed by atoms with Crippen LogP contribution in [0.25, 0.3) is 0 Å². The Balaban J connectivity index is 1.91. The zero-order valence-electron chi connectivity index (χ0n) is 15.7. The molecule has 1 heterocycles. The fourth-order valence-electron chi connectivity index (χ4n) is 2.93. The SMILES string of the molecule is CC(C)(C)C(=O)NCCC(=O)Nc1ccccc1N1CCCCCC1. The average Bonchev–Trinajstić information content (AvgIpc) is 2.83. The van der Waals surface area contributed by atoms with Crippen LogP contribution in [0.2, 0.25) is 0 Å². The van der Waals surface area contributed by atoms with Crippen LogP contribution in [0.5, 0.6) is 0 Å². The van der Waals surface area contributed by atoms with Crippen LogP contribution in [0.15, 0.2) is 24.3 Å². The highest BCUT2D eigenvalue weighted by Gasteiger charge is 2.21. The molecule has 1 fully saturated rings. The fraction of sp³-hybridized carbons (Fsp3) is 0.600. The van der Waals surface area contributed by atoms with Gasteiger partial charge in [-0.25, -0.2) is 0 Å². The van der Waals surface area contributed by atoms with E-state index < -0.39 is 5.41 Å². The highest BCUT2D eigenvalue weighted by atomic mass is 16.2. The average molecular weight is 345 g/mol. The van der Waals surface area contributed by atoms with Crippen LogP contribution < -0.4 is 15.5 Å². The van der Waals surface area contributed by atoms with E-state index in [4.69, 9.17) is 0 Å². The van der Waals surface area contributed by atoms with Gasteiger partial charge >= 0.3 is 0 Å². The molecule has 25 heavy (non-hydrogen) atoms. The van der Waals surface area contributed by atoms with Gasteiger partial charge in [-0.1, -0.05) is 45.7 Å². The molecule has 0 aliphatic carbocycles. The van der Waals surface area contributed by atoms with Crippen molar-refractivity contribution in [2.24, 2.45) is 5.41 Å². The van der Waals surface area contributed by atoms with Crippen molar-refractivity contribution >= 4 is 23.2 Å². The molecule has 5 nitrogen and oxygen atoms in total. The third-order valence-corrected chi connectivity index (χ3v) is 4.44. The second-order valence-electron chi connectivity index (χ2n) is 7.72. The zero-order chi connectivity index (χ0) is 18.3. The van der Waals surface area contributed by atoms with Crippen LogP contribution in [-0.4, -0.2) is 31.4 Å². The van der Waals surface area contributed by atoms with Gasteiger partial charge in [0.05, 0.1) is 11.4 Å². The summed E-state index contributed by atoms with van der Waals surface area (Å²) in [5, 5.41) is 5.82. The summed E-state index contributed by atoms with van der Waals surface area (Å²) in [4.78, 5) is 26.5. The second kappa shape index (κ2) is 8.88. The summed E-state index contributed by atoms with van der Waals surface area (Å²) in [7, 11) is 0. The van der Waals surface area contributed by atoms with Crippen molar-refractivity contribution in [2.75, 3.05) is 29.9 Å². The molecule has 0 saturated carbocycles. The monoisotopic (exact) mass is 345 g/mol. The number of nitrogens with zero attached hydrogens (tertiary/aromatic N) is 1. The summed E-state index contributed by atoms with van der Waals surface area (Å²) in [6.07, 6.45) is 5.22. The molecule has 0 aromatic heterocycles. The molecular weight excluding hydrogens is 314 g/mol. The number of hydrogen-bond acceptors (Lipinski definition) is 3. The van der Waals surface area contributed by atoms with Crippen molar-refractivity contribution in [1.82, 2.24) is 5.32 Å². The summed E-state index contributed by atoms with van der Waals surface area (Å²) < 4.78 is 0. The van der Waals surface area contributed by atoms with E-state index in [-0.39, 0.29) is 18.2 Å². The van der Waals surface area contributed by atoms with Crippen LogP contribution >= 0.6 is 0 Å². The molecule has 1 aromatic rings. The first-order chi connectivity index (χ1) is 11.9. The molecular formula is C20H31N3O2. The number of anilines is 2. The van der Waals surface area contributed by atoms with Gasteiger partial charge in [-0.05, 0) is 25.0 Å². The molecule has 1 aromatic carbocycles. The van der Waals surface area contributed by atoms with E-state index in [1.165, 1.54) is 25.7 Å². The van der Waals surface area contributed by atoms with E-state index >= 15 is 0 Å². The van der Waals surface area contributed by atoms with Crippen LogP contribution in [0.1, 0.15) is 52.9 Å². The maximum absolute atomic E-state index is 12.3. The molecule has 138 valence electrons. The fourth-order valence-corrected chi connectivity index (χ4v) is 2.93. The Labute approximate surface area is 151 Å². The molecule has 0 unspecified atom stereocenters. The lowest BCUT2D eigenvalue weighted by Crippen LogP contribution is -2.36. The van der Waals surface area contributed by atoms with Gasteiger partial charge in [0.2, 0.25) is 11.8 Å². The maximum Gasteiger partial charge on any atom is 0.226 e. The molecule has 2 amide bonds. The van der Waals surface area contributed by atoms with Crippen molar-refractivity contribution in [1.29, 1.82) is 0 Å². The standard InChI is InChI=1S/C20H31N3O2/c1-20(2,3)19(25)21-13-12-18(24)22-16-10-6-7-11-17(16)23-14-8-4-5-9-15-23/h6-7,10-11H,4-5,8-9,12-15H2,1-3H3,(H,21,25)(H,22,24). The van der Waals surface area contributed by atoms with Crippen molar-refractivity contribution < 1.29 is 9.59 Å². The lowest BCUT2D eigenvalue weighted by molar-refractivity contribution is -0.128. The van der Waals surface area contributed by atoms with Crippen molar-refractivity contribution in [3.05, 3.63) is 24.3 Å². The minimum Gasteiger partial charge on any atom is -0.370 e. The summed E-state index contributed by atoms with van der Waals surface area (Å²) in [6, 6.07) is 7.98. The predicted octanol–water partition coefficient (Wildman–Crippen LogP) is 3.56. The van der Waals surface area contributed by atoms with E-state index in [2.05, 4.69) is 21.6 Å². The van der Waals surface area contributed by atoms with Gasteiger partial charge in [0, 0.05) is 31.5 Å². The van der Waals surface area contributed by atoms with Gasteiger partial charge in [0.25, 0.3) is 0 Å². The molecule has 1 aliphatic rings. The minimum atomic E-state index is -0.435. The number of hydrogen-bond donors (Lipinski definition) is 2. The summed E-state index contributed by atoms with van der Waals surface area (Å²) in [6.45, 7) is 8.01. The topological polar surface area (TPSA) is 61.4 Å².